The highest BCUT2D eigenvalue weighted by Crippen LogP contribution is 2.37. The Labute approximate surface area is 197 Å². The summed E-state index contributed by atoms with van der Waals surface area (Å²) < 4.78 is 7.17. The fraction of sp³-hybridized carbons (Fsp3) is 0.320. The molecule has 0 atom stereocenters. The Morgan fingerprint density at radius 3 is 2.73 bits per heavy atom. The first-order valence-corrected chi connectivity index (χ1v) is 11.7. The molecule has 0 bridgehead atoms. The molecule has 0 radical (unpaired) electrons. The maximum absolute atomic E-state index is 13.1. The molecule has 2 heterocycles. The van der Waals surface area contributed by atoms with Crippen LogP contribution in [0.1, 0.15) is 40.7 Å². The van der Waals surface area contributed by atoms with Crippen molar-refractivity contribution in [1.82, 2.24) is 19.7 Å². The second-order valence-corrected chi connectivity index (χ2v) is 9.34. The Morgan fingerprint density at radius 1 is 1.24 bits per heavy atom. The molecule has 2 aromatic heterocycles. The Bertz CT molecular complexity index is 1310. The Morgan fingerprint density at radius 2 is 2.03 bits per heavy atom. The van der Waals surface area contributed by atoms with Gasteiger partial charge in [0.25, 0.3) is 5.91 Å². The van der Waals surface area contributed by atoms with Crippen molar-refractivity contribution in [2.75, 3.05) is 27.3 Å². The second-order valence-electron chi connectivity index (χ2n) is 8.33. The monoisotopic (exact) mass is 464 g/mol. The van der Waals surface area contributed by atoms with E-state index in [0.717, 1.165) is 38.4 Å². The van der Waals surface area contributed by atoms with Gasteiger partial charge in [-0.2, -0.15) is 5.10 Å². The van der Waals surface area contributed by atoms with Crippen LogP contribution >= 0.6 is 11.3 Å². The maximum Gasteiger partial charge on any atom is 0.274 e. The summed E-state index contributed by atoms with van der Waals surface area (Å²) in [4.78, 5) is 20.7. The number of carbonyl (C=O) groups excluding carboxylic acids is 1. The van der Waals surface area contributed by atoms with E-state index in [0.29, 0.717) is 10.8 Å². The van der Waals surface area contributed by atoms with Gasteiger partial charge < -0.3 is 14.7 Å². The van der Waals surface area contributed by atoms with E-state index in [9.17, 15) is 9.90 Å². The summed E-state index contributed by atoms with van der Waals surface area (Å²) in [6.45, 7) is 6.42. The minimum Gasteiger partial charge on any atom is -0.497 e. The minimum absolute atomic E-state index is 0.103. The number of aromatic nitrogens is 3. The average Bonchev–Trinajstić information content (AvgIpc) is 3.40. The molecule has 2 aromatic carbocycles. The normalized spacial score (nSPS) is 11.4. The molecule has 0 saturated carbocycles. The van der Waals surface area contributed by atoms with Crippen molar-refractivity contribution in [2.24, 2.45) is 0 Å². The standard InChI is InChI=1S/C25H28N4O3S/c1-15(2)23-21(17-7-6-8-18(14-17)32-5)26-25(33-23)29-20-10-9-16(3)13-19(20)22(27-29)24(31)28(4)11-12-30/h6-10,13-15,30H,11-12H2,1-5H3. The first kappa shape index (κ1) is 22.9. The molecule has 0 aliphatic rings. The van der Waals surface area contributed by atoms with Gasteiger partial charge in [-0.15, -0.1) is 0 Å². The fourth-order valence-electron chi connectivity index (χ4n) is 3.75. The molecule has 4 aromatic rings. The summed E-state index contributed by atoms with van der Waals surface area (Å²) in [6.07, 6.45) is 0. The quantitative estimate of drug-likeness (QED) is 0.430. The molecule has 0 aliphatic heterocycles. The molecule has 8 heteroatoms. The predicted octanol–water partition coefficient (Wildman–Crippen LogP) is 4.65. The molecule has 1 N–H and O–H groups in total. The number of hydrogen-bond acceptors (Lipinski definition) is 6. The van der Waals surface area contributed by atoms with E-state index in [1.54, 1.807) is 30.2 Å². The van der Waals surface area contributed by atoms with Crippen molar-refractivity contribution in [3.8, 4) is 22.1 Å². The van der Waals surface area contributed by atoms with Crippen molar-refractivity contribution < 1.29 is 14.6 Å². The zero-order valence-corrected chi connectivity index (χ0v) is 20.3. The summed E-state index contributed by atoms with van der Waals surface area (Å²) >= 11 is 1.58. The van der Waals surface area contributed by atoms with Crippen LogP contribution in [0.3, 0.4) is 0 Å². The van der Waals surface area contributed by atoms with Crippen LogP contribution in [0.2, 0.25) is 0 Å². The highest BCUT2D eigenvalue weighted by atomic mass is 32.1. The van der Waals surface area contributed by atoms with E-state index in [1.807, 2.05) is 49.4 Å². The van der Waals surface area contributed by atoms with Gasteiger partial charge in [-0.3, -0.25) is 4.79 Å². The van der Waals surface area contributed by atoms with E-state index < -0.39 is 0 Å². The molecular weight excluding hydrogens is 436 g/mol. The number of aryl methyl sites for hydroxylation is 1. The fourth-order valence-corrected chi connectivity index (χ4v) is 4.80. The number of aliphatic hydroxyl groups is 1. The van der Waals surface area contributed by atoms with Crippen molar-refractivity contribution in [3.63, 3.8) is 0 Å². The number of carbonyl (C=O) groups is 1. The van der Waals surface area contributed by atoms with Crippen LogP contribution in [0.4, 0.5) is 0 Å². The second kappa shape index (κ2) is 9.33. The summed E-state index contributed by atoms with van der Waals surface area (Å²) in [5.74, 6) is 0.807. The number of ether oxygens (including phenoxy) is 1. The zero-order valence-electron chi connectivity index (χ0n) is 19.5. The average molecular weight is 465 g/mol. The van der Waals surface area contributed by atoms with Crippen LogP contribution < -0.4 is 4.74 Å². The van der Waals surface area contributed by atoms with Crippen molar-refractivity contribution >= 4 is 28.1 Å². The van der Waals surface area contributed by atoms with Crippen LogP contribution in [0, 0.1) is 6.92 Å². The topological polar surface area (TPSA) is 80.5 Å². The molecule has 172 valence electrons. The van der Waals surface area contributed by atoms with Crippen LogP contribution in [0.25, 0.3) is 27.3 Å². The Kier molecular flexibility index (Phi) is 6.49. The number of hydrogen-bond donors (Lipinski definition) is 1. The smallest absolute Gasteiger partial charge is 0.274 e. The molecule has 0 aliphatic carbocycles. The van der Waals surface area contributed by atoms with Gasteiger partial charge in [0, 0.05) is 29.4 Å². The number of rotatable bonds is 7. The number of thiazole rings is 1. The van der Waals surface area contributed by atoms with Gasteiger partial charge in [0.15, 0.2) is 5.69 Å². The van der Waals surface area contributed by atoms with Gasteiger partial charge in [-0.25, -0.2) is 9.67 Å². The third-order valence-corrected chi connectivity index (χ3v) is 6.84. The van der Waals surface area contributed by atoms with Crippen LogP contribution in [-0.2, 0) is 0 Å². The van der Waals surface area contributed by atoms with Gasteiger partial charge >= 0.3 is 0 Å². The van der Waals surface area contributed by atoms with Crippen LogP contribution in [-0.4, -0.2) is 58.0 Å². The van der Waals surface area contributed by atoms with Crippen molar-refractivity contribution in [3.05, 3.63) is 58.6 Å². The van der Waals surface area contributed by atoms with Crippen molar-refractivity contribution in [2.45, 2.75) is 26.7 Å². The third-order valence-electron chi connectivity index (χ3n) is 5.51. The van der Waals surface area contributed by atoms with E-state index in [4.69, 9.17) is 14.8 Å². The van der Waals surface area contributed by atoms with Gasteiger partial charge in [0.2, 0.25) is 5.13 Å². The maximum atomic E-state index is 13.1. The summed E-state index contributed by atoms with van der Waals surface area (Å²) in [5.41, 5.74) is 4.09. The van der Waals surface area contributed by atoms with Gasteiger partial charge in [0.1, 0.15) is 5.75 Å². The number of benzene rings is 2. The number of nitrogens with zero attached hydrogens (tertiary/aromatic N) is 4. The number of amides is 1. The van der Waals surface area contributed by atoms with Gasteiger partial charge in [-0.1, -0.05) is 48.9 Å². The summed E-state index contributed by atoms with van der Waals surface area (Å²) in [6, 6.07) is 13.8. The van der Waals surface area contributed by atoms with Crippen molar-refractivity contribution in [1.29, 1.82) is 0 Å². The highest BCUT2D eigenvalue weighted by Gasteiger charge is 2.24. The SMILES string of the molecule is COc1cccc(-c2nc(-n3nc(C(=O)N(C)CCO)c4cc(C)ccc43)sc2C(C)C)c1. The van der Waals surface area contributed by atoms with Crippen LogP contribution in [0.5, 0.6) is 5.75 Å². The van der Waals surface area contributed by atoms with E-state index >= 15 is 0 Å². The first-order valence-electron chi connectivity index (χ1n) is 10.8. The third kappa shape index (κ3) is 4.36. The minimum atomic E-state index is -0.230. The van der Waals surface area contributed by atoms with E-state index in [2.05, 4.69) is 13.8 Å². The van der Waals surface area contributed by atoms with E-state index in [-0.39, 0.29) is 25.0 Å². The van der Waals surface area contributed by atoms with Gasteiger partial charge in [0.05, 0.1) is 24.9 Å². The molecule has 1 amide bonds. The molecule has 0 spiro atoms. The summed E-state index contributed by atoms with van der Waals surface area (Å²) in [5, 5.41) is 15.5. The largest absolute Gasteiger partial charge is 0.497 e. The molecule has 0 saturated heterocycles. The first-order chi connectivity index (χ1) is 15.8. The molecule has 33 heavy (non-hydrogen) atoms. The molecule has 4 rings (SSSR count). The predicted molar refractivity (Wildman–Crippen MR) is 132 cm³/mol. The lowest BCUT2D eigenvalue weighted by Crippen LogP contribution is -2.30. The molecule has 0 fully saturated rings. The molecule has 7 nitrogen and oxygen atoms in total. The number of likely N-dealkylation sites (N-methyl/N-ethyl adjacent to an activating group) is 1. The Hall–Kier alpha value is -3.23. The summed E-state index contributed by atoms with van der Waals surface area (Å²) in [7, 11) is 3.32. The molecule has 0 unspecified atom stereocenters. The molecular formula is C25H28N4O3S. The lowest BCUT2D eigenvalue weighted by atomic mass is 10.1. The number of fused-ring (bicyclic) bond motifs is 1. The van der Waals surface area contributed by atoms with E-state index in [1.165, 1.54) is 4.90 Å². The highest BCUT2D eigenvalue weighted by molar-refractivity contribution is 7.14. The van der Waals surface area contributed by atoms with Crippen LogP contribution in [0.15, 0.2) is 42.5 Å². The lowest BCUT2D eigenvalue weighted by Gasteiger charge is -2.13. The number of aliphatic hydroxyl groups excluding tert-OH is 1. The Balaban J connectivity index is 1.90. The number of methoxy groups -OCH3 is 1. The van der Waals surface area contributed by atoms with Gasteiger partial charge in [-0.05, 0) is 37.1 Å². The zero-order chi connectivity index (χ0) is 23.7. The lowest BCUT2D eigenvalue weighted by molar-refractivity contribution is 0.0762.